The van der Waals surface area contributed by atoms with Crippen molar-refractivity contribution in [3.8, 4) is 0 Å². The van der Waals surface area contributed by atoms with Gasteiger partial charge in [-0.05, 0) is 54.8 Å². The summed E-state index contributed by atoms with van der Waals surface area (Å²) in [7, 11) is 0. The van der Waals surface area contributed by atoms with E-state index >= 15 is 0 Å². The van der Waals surface area contributed by atoms with E-state index in [0.717, 1.165) is 5.82 Å². The zero-order valence-corrected chi connectivity index (χ0v) is 20.0. The van der Waals surface area contributed by atoms with Crippen LogP contribution < -0.4 is 16.0 Å². The largest absolute Gasteiger partial charge is 0.480 e. The first-order valence-electron chi connectivity index (χ1n) is 11.2. The van der Waals surface area contributed by atoms with Gasteiger partial charge in [-0.3, -0.25) is 9.59 Å². The Morgan fingerprint density at radius 2 is 1.80 bits per heavy atom. The Bertz CT molecular complexity index is 1150. The number of carbonyl (C=O) groups is 3. The average Bonchev–Trinajstić information content (AvgIpc) is 2.83. The third-order valence-electron chi connectivity index (χ3n) is 5.28. The van der Waals surface area contributed by atoms with Gasteiger partial charge in [0.2, 0.25) is 5.91 Å². The van der Waals surface area contributed by atoms with Gasteiger partial charge in [0.05, 0.1) is 10.6 Å². The number of benzene rings is 2. The van der Waals surface area contributed by atoms with Crippen molar-refractivity contribution in [2.75, 3.05) is 17.2 Å². The van der Waals surface area contributed by atoms with E-state index in [-0.39, 0.29) is 22.9 Å². The third kappa shape index (κ3) is 7.82. The maximum absolute atomic E-state index is 12.6. The number of amides is 2. The quantitative estimate of drug-likeness (QED) is 0.295. The van der Waals surface area contributed by atoms with Crippen LogP contribution in [0, 0.1) is 6.92 Å². The van der Waals surface area contributed by atoms with Crippen LogP contribution in [0.15, 0.2) is 66.9 Å². The van der Waals surface area contributed by atoms with E-state index in [9.17, 15) is 19.5 Å². The first-order chi connectivity index (χ1) is 16.8. The van der Waals surface area contributed by atoms with Gasteiger partial charge in [-0.2, -0.15) is 0 Å². The molecule has 3 aromatic rings. The molecule has 1 atom stereocenters. The van der Waals surface area contributed by atoms with Crippen molar-refractivity contribution in [1.29, 1.82) is 0 Å². The molecule has 4 N–H and O–H groups in total. The number of carboxylic acid groups (broad SMARTS) is 1. The molecule has 182 valence electrons. The summed E-state index contributed by atoms with van der Waals surface area (Å²) in [6.07, 6.45) is 2.77. The standard InChI is InChI=1S/C26H27ClN4O4/c1-17-6-4-7-20(27)24(17)25(33)31-21(26(34)35)16-18-10-12-19(13-11-18)30-23(32)9-5-15-29-22-8-2-3-14-28-22/h2-4,6-8,10-14,21H,5,9,15-16H2,1H3,(H,28,29)(H,30,32)(H,31,33)(H,34,35). The maximum atomic E-state index is 12.6. The smallest absolute Gasteiger partial charge is 0.326 e. The molecule has 1 heterocycles. The lowest BCUT2D eigenvalue weighted by Crippen LogP contribution is -2.42. The fourth-order valence-corrected chi connectivity index (χ4v) is 3.77. The van der Waals surface area contributed by atoms with Gasteiger partial charge in [0.15, 0.2) is 0 Å². The minimum Gasteiger partial charge on any atom is -0.480 e. The lowest BCUT2D eigenvalue weighted by molar-refractivity contribution is -0.139. The van der Waals surface area contributed by atoms with Crippen LogP contribution in [0.5, 0.6) is 0 Å². The van der Waals surface area contributed by atoms with Crippen molar-refractivity contribution in [1.82, 2.24) is 10.3 Å². The number of hydrogen-bond donors (Lipinski definition) is 4. The van der Waals surface area contributed by atoms with Gasteiger partial charge in [-0.15, -0.1) is 0 Å². The van der Waals surface area contributed by atoms with Crippen LogP contribution in [0.4, 0.5) is 11.5 Å². The number of hydrogen-bond acceptors (Lipinski definition) is 5. The van der Waals surface area contributed by atoms with Crippen molar-refractivity contribution >= 4 is 40.9 Å². The number of pyridine rings is 1. The lowest BCUT2D eigenvalue weighted by Gasteiger charge is -2.16. The molecule has 0 aliphatic carbocycles. The van der Waals surface area contributed by atoms with Crippen LogP contribution in [0.2, 0.25) is 5.02 Å². The Morgan fingerprint density at radius 1 is 1.03 bits per heavy atom. The summed E-state index contributed by atoms with van der Waals surface area (Å²) in [5.74, 6) is -1.05. The monoisotopic (exact) mass is 494 g/mol. The van der Waals surface area contributed by atoms with Gasteiger partial charge >= 0.3 is 5.97 Å². The van der Waals surface area contributed by atoms with E-state index in [1.54, 1.807) is 55.6 Å². The van der Waals surface area contributed by atoms with E-state index in [1.165, 1.54) is 0 Å². The number of anilines is 2. The molecule has 0 aliphatic heterocycles. The van der Waals surface area contributed by atoms with Crippen molar-refractivity contribution in [2.45, 2.75) is 32.2 Å². The van der Waals surface area contributed by atoms with Crippen LogP contribution in [0.1, 0.15) is 34.3 Å². The second-order valence-electron chi connectivity index (χ2n) is 7.99. The Kier molecular flexibility index (Phi) is 9.20. The van der Waals surface area contributed by atoms with E-state index in [1.807, 2.05) is 18.2 Å². The van der Waals surface area contributed by atoms with Gasteiger partial charge in [0.25, 0.3) is 5.91 Å². The summed E-state index contributed by atoms with van der Waals surface area (Å²) in [5.41, 5.74) is 2.23. The molecule has 0 fully saturated rings. The van der Waals surface area contributed by atoms with Crippen molar-refractivity contribution < 1.29 is 19.5 Å². The molecule has 1 aromatic heterocycles. The summed E-state index contributed by atoms with van der Waals surface area (Å²) in [6, 6.07) is 16.4. The van der Waals surface area contributed by atoms with Crippen LogP contribution in [0.25, 0.3) is 0 Å². The van der Waals surface area contributed by atoms with Gasteiger partial charge in [-0.25, -0.2) is 9.78 Å². The third-order valence-corrected chi connectivity index (χ3v) is 5.60. The number of aliphatic carboxylic acids is 1. The summed E-state index contributed by atoms with van der Waals surface area (Å²) >= 11 is 6.13. The molecule has 0 saturated carbocycles. The van der Waals surface area contributed by atoms with Gasteiger partial charge in [0.1, 0.15) is 11.9 Å². The highest BCUT2D eigenvalue weighted by Gasteiger charge is 2.23. The minimum atomic E-state index is -1.15. The molecule has 8 nitrogen and oxygen atoms in total. The van der Waals surface area contributed by atoms with Crippen molar-refractivity contribution in [3.05, 3.63) is 88.6 Å². The number of carboxylic acids is 1. The molecule has 0 saturated heterocycles. The number of nitrogens with one attached hydrogen (secondary N) is 3. The SMILES string of the molecule is Cc1cccc(Cl)c1C(=O)NC(Cc1ccc(NC(=O)CCCNc2ccccn2)cc1)C(=O)O. The molecular weight excluding hydrogens is 468 g/mol. The number of aryl methyl sites for hydroxylation is 1. The number of halogens is 1. The Hall–Kier alpha value is -3.91. The Morgan fingerprint density at radius 3 is 2.46 bits per heavy atom. The second kappa shape index (κ2) is 12.5. The predicted molar refractivity (Wildman–Crippen MR) is 136 cm³/mol. The van der Waals surface area contributed by atoms with Crippen LogP contribution in [-0.2, 0) is 16.0 Å². The number of carbonyl (C=O) groups excluding carboxylic acids is 2. The van der Waals surface area contributed by atoms with Crippen LogP contribution >= 0.6 is 11.6 Å². The van der Waals surface area contributed by atoms with Gasteiger partial charge < -0.3 is 21.1 Å². The molecule has 1 unspecified atom stereocenters. The highest BCUT2D eigenvalue weighted by Crippen LogP contribution is 2.20. The number of nitrogens with zero attached hydrogens (tertiary/aromatic N) is 1. The lowest BCUT2D eigenvalue weighted by atomic mass is 10.0. The molecule has 2 aromatic carbocycles. The molecule has 0 bridgehead atoms. The van der Waals surface area contributed by atoms with Gasteiger partial charge in [-0.1, -0.05) is 41.9 Å². The van der Waals surface area contributed by atoms with E-state index in [4.69, 9.17) is 11.6 Å². The van der Waals surface area contributed by atoms with E-state index in [2.05, 4.69) is 20.9 Å². The zero-order chi connectivity index (χ0) is 25.2. The highest BCUT2D eigenvalue weighted by molar-refractivity contribution is 6.34. The molecular formula is C26H27ClN4O4. The number of rotatable bonds is 11. The molecule has 3 rings (SSSR count). The first kappa shape index (κ1) is 25.7. The normalized spacial score (nSPS) is 11.4. The fourth-order valence-electron chi connectivity index (χ4n) is 3.47. The molecule has 2 amide bonds. The fraction of sp³-hybridized carbons (Fsp3) is 0.231. The number of aromatic nitrogens is 1. The topological polar surface area (TPSA) is 120 Å². The zero-order valence-electron chi connectivity index (χ0n) is 19.3. The molecule has 0 radical (unpaired) electrons. The van der Waals surface area contributed by atoms with E-state index in [0.29, 0.717) is 36.2 Å². The van der Waals surface area contributed by atoms with Gasteiger partial charge in [0, 0.05) is 31.3 Å². The maximum Gasteiger partial charge on any atom is 0.326 e. The molecule has 35 heavy (non-hydrogen) atoms. The summed E-state index contributed by atoms with van der Waals surface area (Å²) in [6.45, 7) is 2.36. The summed E-state index contributed by atoms with van der Waals surface area (Å²) < 4.78 is 0. The minimum absolute atomic E-state index is 0.0813. The highest BCUT2D eigenvalue weighted by atomic mass is 35.5. The Balaban J connectivity index is 1.49. The Labute approximate surface area is 208 Å². The average molecular weight is 495 g/mol. The summed E-state index contributed by atoms with van der Waals surface area (Å²) in [5, 5.41) is 18.4. The molecule has 0 spiro atoms. The van der Waals surface area contributed by atoms with Crippen molar-refractivity contribution in [2.24, 2.45) is 0 Å². The summed E-state index contributed by atoms with van der Waals surface area (Å²) in [4.78, 5) is 40.8. The van der Waals surface area contributed by atoms with Crippen molar-refractivity contribution in [3.63, 3.8) is 0 Å². The van der Waals surface area contributed by atoms with Crippen LogP contribution in [0.3, 0.4) is 0 Å². The van der Waals surface area contributed by atoms with Crippen LogP contribution in [-0.4, -0.2) is 40.5 Å². The molecule has 0 aliphatic rings. The predicted octanol–water partition coefficient (Wildman–Crippen LogP) is 4.30. The first-order valence-corrected chi connectivity index (χ1v) is 11.5. The van der Waals surface area contributed by atoms with E-state index < -0.39 is 17.9 Å². The molecule has 9 heteroatoms. The second-order valence-corrected chi connectivity index (χ2v) is 8.40.